The Hall–Kier alpha value is -2.38. The van der Waals surface area contributed by atoms with Gasteiger partial charge >= 0.3 is 0 Å². The summed E-state index contributed by atoms with van der Waals surface area (Å²) in [5, 5.41) is 18.0. The highest BCUT2D eigenvalue weighted by molar-refractivity contribution is 5.93. The number of nitrogens with zero attached hydrogens (tertiary/aromatic N) is 4. The van der Waals surface area contributed by atoms with Gasteiger partial charge in [-0.05, 0) is 33.1 Å². The number of aromatic nitrogens is 5. The van der Waals surface area contributed by atoms with E-state index in [4.69, 9.17) is 4.74 Å². The van der Waals surface area contributed by atoms with Crippen LogP contribution in [-0.4, -0.2) is 43.2 Å². The van der Waals surface area contributed by atoms with Crippen molar-refractivity contribution in [1.29, 1.82) is 0 Å². The number of H-pyrrole nitrogens is 1. The SMILES string of the molecule is CCn1nc(C)c(C(=O)N[C@H]2CCC[C@H]2Oc2cn[nH]c2)n1. The van der Waals surface area contributed by atoms with Crippen LogP contribution in [0.2, 0.25) is 0 Å². The number of nitrogens with one attached hydrogen (secondary N) is 2. The third-order valence-corrected chi connectivity index (χ3v) is 3.85. The van der Waals surface area contributed by atoms with Crippen LogP contribution >= 0.6 is 0 Å². The molecule has 2 aromatic rings. The van der Waals surface area contributed by atoms with Gasteiger partial charge in [0, 0.05) is 0 Å². The quantitative estimate of drug-likeness (QED) is 0.860. The summed E-state index contributed by atoms with van der Waals surface area (Å²) in [6.07, 6.45) is 6.13. The van der Waals surface area contributed by atoms with Gasteiger partial charge in [0.05, 0.1) is 30.7 Å². The van der Waals surface area contributed by atoms with Gasteiger partial charge in [0.1, 0.15) is 6.10 Å². The van der Waals surface area contributed by atoms with Crippen LogP contribution in [0.4, 0.5) is 0 Å². The van der Waals surface area contributed by atoms with Crippen molar-refractivity contribution in [3.63, 3.8) is 0 Å². The maximum Gasteiger partial charge on any atom is 0.274 e. The normalized spacial score (nSPS) is 21.0. The van der Waals surface area contributed by atoms with Gasteiger partial charge in [-0.25, -0.2) is 0 Å². The minimum atomic E-state index is -0.190. The Morgan fingerprint density at radius 3 is 3.05 bits per heavy atom. The van der Waals surface area contributed by atoms with Crippen LogP contribution in [0.5, 0.6) is 5.75 Å². The molecule has 1 fully saturated rings. The van der Waals surface area contributed by atoms with Crippen LogP contribution in [0.25, 0.3) is 0 Å². The second kappa shape index (κ2) is 6.17. The van der Waals surface area contributed by atoms with E-state index < -0.39 is 0 Å². The zero-order valence-corrected chi connectivity index (χ0v) is 12.7. The predicted molar refractivity (Wildman–Crippen MR) is 78.5 cm³/mol. The van der Waals surface area contributed by atoms with Crippen LogP contribution in [0.15, 0.2) is 12.4 Å². The van der Waals surface area contributed by atoms with Crippen LogP contribution in [0.3, 0.4) is 0 Å². The van der Waals surface area contributed by atoms with E-state index in [0.29, 0.717) is 23.7 Å². The highest BCUT2D eigenvalue weighted by Gasteiger charge is 2.31. The molecule has 0 spiro atoms. The first-order valence-electron chi connectivity index (χ1n) is 7.55. The topological polar surface area (TPSA) is 97.7 Å². The van der Waals surface area contributed by atoms with Gasteiger partial charge in [0.2, 0.25) is 0 Å². The fourth-order valence-corrected chi connectivity index (χ4v) is 2.73. The van der Waals surface area contributed by atoms with Crippen molar-refractivity contribution in [3.05, 3.63) is 23.8 Å². The molecule has 2 aromatic heterocycles. The van der Waals surface area contributed by atoms with Crippen LogP contribution in [-0.2, 0) is 6.54 Å². The van der Waals surface area contributed by atoms with E-state index in [2.05, 4.69) is 25.7 Å². The summed E-state index contributed by atoms with van der Waals surface area (Å²) < 4.78 is 5.87. The van der Waals surface area contributed by atoms with E-state index in [9.17, 15) is 4.79 Å². The minimum Gasteiger partial charge on any atom is -0.485 e. The molecule has 1 aliphatic carbocycles. The maximum absolute atomic E-state index is 12.4. The first kappa shape index (κ1) is 14.6. The van der Waals surface area contributed by atoms with Crippen LogP contribution < -0.4 is 10.1 Å². The minimum absolute atomic E-state index is 0.0198. The highest BCUT2D eigenvalue weighted by atomic mass is 16.5. The smallest absolute Gasteiger partial charge is 0.274 e. The van der Waals surface area contributed by atoms with Gasteiger partial charge in [-0.3, -0.25) is 9.89 Å². The molecule has 1 saturated carbocycles. The Balaban J connectivity index is 1.65. The number of rotatable bonds is 5. The average molecular weight is 304 g/mol. The van der Waals surface area contributed by atoms with Crippen molar-refractivity contribution in [2.24, 2.45) is 0 Å². The van der Waals surface area contributed by atoms with Gasteiger partial charge in [0.25, 0.3) is 5.91 Å². The van der Waals surface area contributed by atoms with E-state index in [1.807, 2.05) is 6.92 Å². The molecule has 118 valence electrons. The largest absolute Gasteiger partial charge is 0.485 e. The molecule has 1 amide bonds. The Bertz CT molecular complexity index is 636. The average Bonchev–Trinajstić information content (AvgIpc) is 3.22. The highest BCUT2D eigenvalue weighted by Crippen LogP contribution is 2.24. The van der Waals surface area contributed by atoms with Crippen molar-refractivity contribution in [2.75, 3.05) is 0 Å². The Morgan fingerprint density at radius 2 is 2.36 bits per heavy atom. The Kier molecular flexibility index (Phi) is 4.08. The number of amides is 1. The van der Waals surface area contributed by atoms with Crippen LogP contribution in [0.1, 0.15) is 42.4 Å². The third kappa shape index (κ3) is 2.95. The maximum atomic E-state index is 12.4. The molecule has 0 aliphatic heterocycles. The van der Waals surface area contributed by atoms with E-state index in [1.54, 1.807) is 19.3 Å². The lowest BCUT2D eigenvalue weighted by atomic mass is 10.2. The molecule has 3 rings (SSSR count). The van der Waals surface area contributed by atoms with Gasteiger partial charge in [0.15, 0.2) is 11.4 Å². The molecule has 2 N–H and O–H groups in total. The zero-order valence-electron chi connectivity index (χ0n) is 12.7. The summed E-state index contributed by atoms with van der Waals surface area (Å²) in [5.41, 5.74) is 1.03. The van der Waals surface area contributed by atoms with E-state index in [1.165, 1.54) is 4.80 Å². The number of aromatic amines is 1. The number of hydrogen-bond donors (Lipinski definition) is 2. The van der Waals surface area contributed by atoms with Gasteiger partial charge in [-0.15, -0.1) is 5.10 Å². The predicted octanol–water partition coefficient (Wildman–Crippen LogP) is 1.06. The van der Waals surface area contributed by atoms with E-state index in [0.717, 1.165) is 19.3 Å². The molecule has 2 heterocycles. The molecule has 0 aromatic carbocycles. The van der Waals surface area contributed by atoms with Crippen molar-refractivity contribution in [1.82, 2.24) is 30.5 Å². The summed E-state index contributed by atoms with van der Waals surface area (Å²) in [4.78, 5) is 13.9. The molecule has 8 nitrogen and oxygen atoms in total. The number of carbonyl (C=O) groups excluding carboxylic acids is 1. The summed E-state index contributed by atoms with van der Waals surface area (Å²) >= 11 is 0. The van der Waals surface area contributed by atoms with Crippen molar-refractivity contribution in [2.45, 2.75) is 51.8 Å². The summed E-state index contributed by atoms with van der Waals surface area (Å²) in [5.74, 6) is 0.504. The zero-order chi connectivity index (χ0) is 15.5. The monoisotopic (exact) mass is 304 g/mol. The molecule has 0 bridgehead atoms. The second-order valence-corrected chi connectivity index (χ2v) is 5.42. The molecular formula is C14H20N6O2. The lowest BCUT2D eigenvalue weighted by Crippen LogP contribution is -2.42. The molecule has 2 atom stereocenters. The third-order valence-electron chi connectivity index (χ3n) is 3.85. The Morgan fingerprint density at radius 1 is 1.50 bits per heavy atom. The molecule has 0 saturated heterocycles. The molecule has 22 heavy (non-hydrogen) atoms. The second-order valence-electron chi connectivity index (χ2n) is 5.42. The van der Waals surface area contributed by atoms with Gasteiger partial charge in [-0.1, -0.05) is 0 Å². The van der Waals surface area contributed by atoms with E-state index in [-0.39, 0.29) is 18.1 Å². The van der Waals surface area contributed by atoms with Crippen molar-refractivity contribution >= 4 is 5.91 Å². The summed E-state index contributed by atoms with van der Waals surface area (Å²) in [7, 11) is 0. The first-order chi connectivity index (χ1) is 10.7. The Labute approximate surface area is 128 Å². The fraction of sp³-hybridized carbons (Fsp3) is 0.571. The number of carbonyl (C=O) groups is 1. The van der Waals surface area contributed by atoms with Gasteiger partial charge in [-0.2, -0.15) is 15.0 Å². The summed E-state index contributed by atoms with van der Waals surface area (Å²) in [6, 6.07) is -0.0198. The van der Waals surface area contributed by atoms with Crippen LogP contribution in [0, 0.1) is 6.92 Å². The molecular weight excluding hydrogens is 284 g/mol. The molecule has 1 aliphatic rings. The summed E-state index contributed by atoms with van der Waals surface area (Å²) in [6.45, 7) is 4.37. The standard InChI is InChI=1S/C14H20N6O2/c1-3-20-18-9(2)13(19-20)14(21)17-11-5-4-6-12(11)22-10-7-15-16-8-10/h7-8,11-12H,3-6H2,1-2H3,(H,15,16)(H,17,21)/t11-,12+/m0/s1. The van der Waals surface area contributed by atoms with Crippen molar-refractivity contribution in [3.8, 4) is 5.75 Å². The molecule has 0 radical (unpaired) electrons. The lowest BCUT2D eigenvalue weighted by molar-refractivity contribution is 0.0887. The number of hydrogen-bond acceptors (Lipinski definition) is 5. The van der Waals surface area contributed by atoms with Gasteiger partial charge < -0.3 is 10.1 Å². The van der Waals surface area contributed by atoms with Crippen molar-refractivity contribution < 1.29 is 9.53 Å². The fourth-order valence-electron chi connectivity index (χ4n) is 2.73. The molecule has 8 heteroatoms. The number of aryl methyl sites for hydroxylation is 2. The lowest BCUT2D eigenvalue weighted by Gasteiger charge is -2.21. The first-order valence-corrected chi connectivity index (χ1v) is 7.55. The van der Waals surface area contributed by atoms with E-state index >= 15 is 0 Å². The number of ether oxygens (including phenoxy) is 1. The molecule has 0 unspecified atom stereocenters.